The molecule has 0 saturated carbocycles. The Balaban J connectivity index is 2.72. The molecule has 0 atom stereocenters. The maximum atomic E-state index is 13.6. The van der Waals surface area contributed by atoms with Crippen LogP contribution < -0.4 is 11.3 Å². The fraction of sp³-hybridized carbons (Fsp3) is 0.0909. The van der Waals surface area contributed by atoms with E-state index in [0.717, 1.165) is 12.1 Å². The molecule has 3 N–H and O–H groups in total. The average molecular weight is 271 g/mol. The summed E-state index contributed by atoms with van der Waals surface area (Å²) in [6, 6.07) is 2.28. The number of rotatable bonds is 2. The van der Waals surface area contributed by atoms with E-state index in [1.807, 2.05) is 0 Å². The first-order valence-corrected chi connectivity index (χ1v) is 5.12. The summed E-state index contributed by atoms with van der Waals surface area (Å²) in [6.45, 7) is -0.211. The van der Waals surface area contributed by atoms with Gasteiger partial charge in [0.1, 0.15) is 17.1 Å². The summed E-state index contributed by atoms with van der Waals surface area (Å²) in [7, 11) is 0. The highest BCUT2D eigenvalue weighted by molar-refractivity contribution is 5.35. The Labute approximate surface area is 104 Å². The van der Waals surface area contributed by atoms with Gasteiger partial charge in [-0.2, -0.15) is 9.78 Å². The van der Waals surface area contributed by atoms with Gasteiger partial charge in [-0.05, 0) is 12.1 Å². The monoisotopic (exact) mass is 271 g/mol. The fourth-order valence-electron chi connectivity index (χ4n) is 1.48. The average Bonchev–Trinajstić information content (AvgIpc) is 2.37. The van der Waals surface area contributed by atoms with Crippen molar-refractivity contribution >= 4 is 0 Å². The molecule has 19 heavy (non-hydrogen) atoms. The number of nitrogens with zero attached hydrogens (tertiary/aromatic N) is 2. The Bertz CT molecular complexity index is 700. The molecule has 0 aliphatic heterocycles. The molecular weight excluding hydrogens is 263 g/mol. The minimum absolute atomic E-state index is 0.0799. The van der Waals surface area contributed by atoms with E-state index < -0.39 is 34.4 Å². The van der Waals surface area contributed by atoms with Gasteiger partial charge < -0.3 is 10.8 Å². The van der Waals surface area contributed by atoms with Crippen LogP contribution in [-0.2, 0) is 6.54 Å². The minimum atomic E-state index is -1.71. The van der Waals surface area contributed by atoms with Crippen molar-refractivity contribution in [2.45, 2.75) is 6.54 Å². The molecule has 0 saturated heterocycles. The lowest BCUT2D eigenvalue weighted by Gasteiger charge is -2.09. The molecule has 1 aromatic carbocycles. The minimum Gasteiger partial charge on any atom is -0.506 e. The lowest BCUT2D eigenvalue weighted by Crippen LogP contribution is -2.24. The molecule has 0 amide bonds. The summed E-state index contributed by atoms with van der Waals surface area (Å²) in [4.78, 5) is 11.6. The van der Waals surface area contributed by atoms with E-state index in [-0.39, 0.29) is 12.2 Å². The van der Waals surface area contributed by atoms with Gasteiger partial charge in [-0.3, -0.25) is 4.79 Å². The number of nitrogens with two attached hydrogens (primary N) is 1. The molecule has 1 heterocycles. The number of halogens is 3. The molecule has 0 fully saturated rings. The summed E-state index contributed by atoms with van der Waals surface area (Å²) in [5, 5.41) is 12.9. The summed E-state index contributed by atoms with van der Waals surface area (Å²) in [5.74, 6) is -5.10. The molecule has 2 rings (SSSR count). The second-order valence-corrected chi connectivity index (χ2v) is 3.62. The van der Waals surface area contributed by atoms with Crippen LogP contribution in [0.15, 0.2) is 23.0 Å². The lowest BCUT2D eigenvalue weighted by molar-refractivity contribution is 0.438. The van der Waals surface area contributed by atoms with Crippen molar-refractivity contribution in [3.8, 4) is 11.4 Å². The molecule has 100 valence electrons. The smallest absolute Gasteiger partial charge is 0.275 e. The Kier molecular flexibility index (Phi) is 3.26. The van der Waals surface area contributed by atoms with Crippen molar-refractivity contribution in [3.63, 3.8) is 0 Å². The maximum Gasteiger partial charge on any atom is 0.275 e. The Morgan fingerprint density at radius 3 is 2.58 bits per heavy atom. The van der Waals surface area contributed by atoms with E-state index in [1.165, 1.54) is 0 Å². The van der Waals surface area contributed by atoms with Crippen LogP contribution in [0.3, 0.4) is 0 Å². The highest BCUT2D eigenvalue weighted by Crippen LogP contribution is 2.18. The van der Waals surface area contributed by atoms with Crippen LogP contribution in [0.4, 0.5) is 13.2 Å². The highest BCUT2D eigenvalue weighted by Gasteiger charge is 2.17. The number of hydrogen-bond acceptors (Lipinski definition) is 4. The van der Waals surface area contributed by atoms with Crippen molar-refractivity contribution < 1.29 is 18.3 Å². The van der Waals surface area contributed by atoms with Gasteiger partial charge in [0.05, 0.1) is 0 Å². The number of aromatic nitrogens is 2. The van der Waals surface area contributed by atoms with Crippen molar-refractivity contribution in [1.29, 1.82) is 0 Å². The fourth-order valence-corrected chi connectivity index (χ4v) is 1.48. The molecular formula is C11H8F3N3O2. The van der Waals surface area contributed by atoms with Gasteiger partial charge in [-0.25, -0.2) is 13.2 Å². The van der Waals surface area contributed by atoms with E-state index >= 15 is 0 Å². The maximum absolute atomic E-state index is 13.6. The summed E-state index contributed by atoms with van der Waals surface area (Å²) >= 11 is 0. The van der Waals surface area contributed by atoms with Crippen molar-refractivity contribution in [2.24, 2.45) is 5.73 Å². The standard InChI is InChI=1S/C11H8F3N3O2/c12-5-1-2-7(11(14)10(5)13)17-9(19)3-8(18)6(4-15)16-17/h1-3,18H,4,15H2. The van der Waals surface area contributed by atoms with Crippen molar-refractivity contribution in [3.05, 3.63) is 51.7 Å². The number of hydrogen-bond donors (Lipinski definition) is 2. The van der Waals surface area contributed by atoms with Crippen LogP contribution in [0.2, 0.25) is 0 Å². The topological polar surface area (TPSA) is 81.1 Å². The molecule has 2 aromatic rings. The van der Waals surface area contributed by atoms with E-state index in [1.54, 1.807) is 0 Å². The Morgan fingerprint density at radius 1 is 1.26 bits per heavy atom. The summed E-state index contributed by atoms with van der Waals surface area (Å²) in [6.07, 6.45) is 0. The van der Waals surface area contributed by atoms with Gasteiger partial charge in [-0.1, -0.05) is 0 Å². The molecule has 0 aliphatic carbocycles. The third-order valence-corrected chi connectivity index (χ3v) is 2.42. The first kappa shape index (κ1) is 13.1. The second-order valence-electron chi connectivity index (χ2n) is 3.62. The molecule has 0 radical (unpaired) electrons. The van der Waals surface area contributed by atoms with Crippen molar-refractivity contribution in [1.82, 2.24) is 9.78 Å². The zero-order chi connectivity index (χ0) is 14.2. The normalized spacial score (nSPS) is 10.7. The van der Waals surface area contributed by atoms with Crippen LogP contribution in [0.1, 0.15) is 5.69 Å². The van der Waals surface area contributed by atoms with Crippen LogP contribution in [0, 0.1) is 17.5 Å². The molecule has 5 nitrogen and oxygen atoms in total. The first-order valence-electron chi connectivity index (χ1n) is 5.12. The van der Waals surface area contributed by atoms with Crippen LogP contribution in [-0.4, -0.2) is 14.9 Å². The number of benzene rings is 1. The van der Waals surface area contributed by atoms with Gasteiger partial charge in [0.2, 0.25) is 0 Å². The van der Waals surface area contributed by atoms with Crippen LogP contribution >= 0.6 is 0 Å². The molecule has 0 unspecified atom stereocenters. The molecule has 0 spiro atoms. The van der Waals surface area contributed by atoms with Gasteiger partial charge in [0.15, 0.2) is 17.5 Å². The van der Waals surface area contributed by atoms with E-state index in [0.29, 0.717) is 10.7 Å². The zero-order valence-corrected chi connectivity index (χ0v) is 9.40. The SMILES string of the molecule is NCc1nn(-c2ccc(F)c(F)c2F)c(=O)cc1O. The summed E-state index contributed by atoms with van der Waals surface area (Å²) < 4.78 is 40.0. The molecule has 0 bridgehead atoms. The quantitative estimate of drug-likeness (QED) is 0.792. The van der Waals surface area contributed by atoms with E-state index in [4.69, 9.17) is 5.73 Å². The van der Waals surface area contributed by atoms with Gasteiger partial charge in [0, 0.05) is 12.6 Å². The largest absolute Gasteiger partial charge is 0.506 e. The third kappa shape index (κ3) is 2.17. The Morgan fingerprint density at radius 2 is 1.95 bits per heavy atom. The van der Waals surface area contributed by atoms with Gasteiger partial charge in [0.25, 0.3) is 5.56 Å². The highest BCUT2D eigenvalue weighted by atomic mass is 19.2. The predicted molar refractivity (Wildman–Crippen MR) is 59.3 cm³/mol. The van der Waals surface area contributed by atoms with Gasteiger partial charge >= 0.3 is 0 Å². The first-order chi connectivity index (χ1) is 8.95. The van der Waals surface area contributed by atoms with Crippen LogP contribution in [0.5, 0.6) is 5.75 Å². The lowest BCUT2D eigenvalue weighted by atomic mass is 10.2. The number of aromatic hydroxyl groups is 1. The van der Waals surface area contributed by atoms with E-state index in [2.05, 4.69) is 5.10 Å². The Hall–Kier alpha value is -2.35. The molecule has 0 aliphatic rings. The molecule has 1 aromatic heterocycles. The zero-order valence-electron chi connectivity index (χ0n) is 9.40. The third-order valence-electron chi connectivity index (χ3n) is 2.42. The van der Waals surface area contributed by atoms with Gasteiger partial charge in [-0.15, -0.1) is 0 Å². The van der Waals surface area contributed by atoms with Crippen LogP contribution in [0.25, 0.3) is 5.69 Å². The summed E-state index contributed by atoms with van der Waals surface area (Å²) in [5.41, 5.74) is 3.72. The molecule has 8 heteroatoms. The van der Waals surface area contributed by atoms with Crippen molar-refractivity contribution in [2.75, 3.05) is 0 Å². The predicted octanol–water partition coefficient (Wildman–Crippen LogP) is 0.814. The second kappa shape index (κ2) is 4.73. The van der Waals surface area contributed by atoms with E-state index in [9.17, 15) is 23.1 Å².